The van der Waals surface area contributed by atoms with E-state index in [1.165, 1.54) is 17.5 Å². The number of unbranched alkanes of at least 4 members (excludes halogenated alkanes) is 2. The molecule has 4 nitrogen and oxygen atoms in total. The van der Waals surface area contributed by atoms with Crippen LogP contribution in [-0.2, 0) is 22.6 Å². The van der Waals surface area contributed by atoms with Crippen LogP contribution in [0.25, 0.3) is 0 Å². The minimum Gasteiger partial charge on any atom is -0.497 e. The molecule has 2 aromatic carbocycles. The molecule has 5 rings (SSSR count). The van der Waals surface area contributed by atoms with Crippen molar-refractivity contribution in [1.82, 2.24) is 5.32 Å². The third-order valence-corrected chi connectivity index (χ3v) is 9.91. The lowest BCUT2D eigenvalue weighted by molar-refractivity contribution is -0.129. The molecular weight excluding hydrogens is 482 g/mol. The second-order valence-corrected chi connectivity index (χ2v) is 12.2. The highest BCUT2D eigenvalue weighted by atomic mass is 35.5. The largest absolute Gasteiger partial charge is 0.497 e. The van der Waals surface area contributed by atoms with Crippen molar-refractivity contribution >= 4 is 23.3 Å². The molecule has 2 aromatic rings. The fourth-order valence-electron chi connectivity index (χ4n) is 7.77. The van der Waals surface area contributed by atoms with Gasteiger partial charge in [-0.25, -0.2) is 0 Å². The Hall–Kier alpha value is -2.33. The zero-order valence-corrected chi connectivity index (χ0v) is 23.0. The van der Waals surface area contributed by atoms with E-state index in [0.29, 0.717) is 47.4 Å². The fourth-order valence-corrected chi connectivity index (χ4v) is 7.90. The molecule has 0 saturated heterocycles. The van der Waals surface area contributed by atoms with Crippen molar-refractivity contribution in [3.05, 3.63) is 64.2 Å². The highest BCUT2D eigenvalue weighted by Gasteiger charge is 2.58. The normalized spacial score (nSPS) is 28.2. The Morgan fingerprint density at radius 2 is 1.92 bits per heavy atom. The molecule has 3 aliphatic carbocycles. The van der Waals surface area contributed by atoms with E-state index in [-0.39, 0.29) is 11.3 Å². The SMILES string of the molecule is COc1ccc2c(c1)CC[C@H]1[C@@H]3[C@H](CCCCCC(=O)NCc4ccc(Cl)cc4)CC(=O)[C@@]3(C)CC[C@H]21. The van der Waals surface area contributed by atoms with Crippen LogP contribution in [0.4, 0.5) is 0 Å². The predicted molar refractivity (Wildman–Crippen MR) is 148 cm³/mol. The summed E-state index contributed by atoms with van der Waals surface area (Å²) in [5, 5.41) is 3.72. The van der Waals surface area contributed by atoms with E-state index in [9.17, 15) is 9.59 Å². The summed E-state index contributed by atoms with van der Waals surface area (Å²) in [6.45, 7) is 2.81. The Morgan fingerprint density at radius 3 is 2.70 bits per heavy atom. The first-order valence-electron chi connectivity index (χ1n) is 14.1. The van der Waals surface area contributed by atoms with Crippen LogP contribution >= 0.6 is 11.6 Å². The van der Waals surface area contributed by atoms with Crippen LogP contribution in [0.15, 0.2) is 42.5 Å². The van der Waals surface area contributed by atoms with Gasteiger partial charge in [0.05, 0.1) is 7.11 Å². The van der Waals surface area contributed by atoms with Gasteiger partial charge in [-0.3, -0.25) is 9.59 Å². The molecule has 3 aliphatic rings. The van der Waals surface area contributed by atoms with E-state index in [1.54, 1.807) is 7.11 Å². The van der Waals surface area contributed by atoms with Gasteiger partial charge in [0.2, 0.25) is 5.91 Å². The van der Waals surface area contributed by atoms with Crippen molar-refractivity contribution in [3.63, 3.8) is 0 Å². The number of carbonyl (C=O) groups is 2. The number of nitrogens with one attached hydrogen (secondary N) is 1. The van der Waals surface area contributed by atoms with Crippen molar-refractivity contribution in [3.8, 4) is 5.75 Å². The number of carbonyl (C=O) groups excluding carboxylic acids is 2. The van der Waals surface area contributed by atoms with E-state index in [0.717, 1.165) is 62.7 Å². The third-order valence-electron chi connectivity index (χ3n) is 9.66. The molecule has 5 heteroatoms. The zero-order chi connectivity index (χ0) is 26.0. The van der Waals surface area contributed by atoms with Gasteiger partial charge in [0.25, 0.3) is 0 Å². The number of rotatable bonds is 9. The summed E-state index contributed by atoms with van der Waals surface area (Å²) in [6, 6.07) is 14.2. The van der Waals surface area contributed by atoms with Crippen molar-refractivity contribution in [1.29, 1.82) is 0 Å². The number of halogens is 1. The average Bonchev–Trinajstić information content (AvgIpc) is 3.17. The molecule has 0 bridgehead atoms. The van der Waals surface area contributed by atoms with Crippen molar-refractivity contribution in [2.45, 2.75) is 83.6 Å². The summed E-state index contributed by atoms with van der Waals surface area (Å²) in [5.41, 5.74) is 3.86. The second kappa shape index (κ2) is 11.2. The number of ether oxygens (including phenoxy) is 1. The lowest BCUT2D eigenvalue weighted by Gasteiger charge is -2.50. The van der Waals surface area contributed by atoms with Gasteiger partial charge >= 0.3 is 0 Å². The summed E-state index contributed by atoms with van der Waals surface area (Å²) >= 11 is 5.93. The molecule has 37 heavy (non-hydrogen) atoms. The Bertz CT molecular complexity index is 1130. The highest BCUT2D eigenvalue weighted by molar-refractivity contribution is 6.30. The molecule has 0 radical (unpaired) electrons. The van der Waals surface area contributed by atoms with E-state index in [2.05, 4.69) is 30.4 Å². The fraction of sp³-hybridized carbons (Fsp3) is 0.562. The van der Waals surface area contributed by atoms with Crippen LogP contribution in [0, 0.1) is 23.2 Å². The van der Waals surface area contributed by atoms with Gasteiger partial charge in [0.15, 0.2) is 0 Å². The maximum atomic E-state index is 13.3. The number of ketones is 1. The monoisotopic (exact) mass is 521 g/mol. The molecule has 2 fully saturated rings. The van der Waals surface area contributed by atoms with Gasteiger partial charge in [-0.15, -0.1) is 0 Å². The molecule has 1 amide bonds. The van der Waals surface area contributed by atoms with E-state index in [4.69, 9.17) is 16.3 Å². The van der Waals surface area contributed by atoms with E-state index < -0.39 is 0 Å². The van der Waals surface area contributed by atoms with Crippen molar-refractivity contribution in [2.24, 2.45) is 23.2 Å². The summed E-state index contributed by atoms with van der Waals surface area (Å²) in [5.74, 6) is 3.72. The lowest BCUT2D eigenvalue weighted by Crippen LogP contribution is -2.44. The summed E-state index contributed by atoms with van der Waals surface area (Å²) in [7, 11) is 1.74. The lowest BCUT2D eigenvalue weighted by atomic mass is 9.54. The number of hydrogen-bond donors (Lipinski definition) is 1. The van der Waals surface area contributed by atoms with Gasteiger partial charge in [-0.1, -0.05) is 49.6 Å². The van der Waals surface area contributed by atoms with Crippen LogP contribution in [0.1, 0.15) is 87.3 Å². The highest BCUT2D eigenvalue weighted by Crippen LogP contribution is 2.62. The molecule has 0 unspecified atom stereocenters. The van der Waals surface area contributed by atoms with Crippen LogP contribution in [0.2, 0.25) is 5.02 Å². The first kappa shape index (κ1) is 26.3. The van der Waals surface area contributed by atoms with Crippen molar-refractivity contribution < 1.29 is 14.3 Å². The molecule has 0 spiro atoms. The Morgan fingerprint density at radius 1 is 1.11 bits per heavy atom. The van der Waals surface area contributed by atoms with Gasteiger partial charge in [0, 0.05) is 29.8 Å². The van der Waals surface area contributed by atoms with Gasteiger partial charge in [0.1, 0.15) is 11.5 Å². The quantitative estimate of drug-likeness (QED) is 0.353. The Labute approximate surface area is 226 Å². The Balaban J connectivity index is 1.13. The van der Waals surface area contributed by atoms with Gasteiger partial charge in [-0.2, -0.15) is 0 Å². The summed E-state index contributed by atoms with van der Waals surface area (Å²) < 4.78 is 5.48. The Kier molecular flexibility index (Phi) is 7.95. The molecule has 0 aromatic heterocycles. The number of fused-ring (bicyclic) bond motifs is 5. The van der Waals surface area contributed by atoms with Crippen LogP contribution < -0.4 is 10.1 Å². The molecule has 0 aliphatic heterocycles. The van der Waals surface area contributed by atoms with Crippen LogP contribution in [0.3, 0.4) is 0 Å². The predicted octanol–water partition coefficient (Wildman–Crippen LogP) is 7.27. The molecule has 1 N–H and O–H groups in total. The molecule has 198 valence electrons. The maximum absolute atomic E-state index is 13.3. The van der Waals surface area contributed by atoms with Gasteiger partial charge in [-0.05, 0) is 103 Å². The number of Topliss-reactive ketones (excluding diaryl/α,β-unsaturated/α-hetero) is 1. The van der Waals surface area contributed by atoms with Crippen molar-refractivity contribution in [2.75, 3.05) is 7.11 Å². The van der Waals surface area contributed by atoms with E-state index in [1.807, 2.05) is 24.3 Å². The maximum Gasteiger partial charge on any atom is 0.220 e. The third kappa shape index (κ3) is 5.46. The average molecular weight is 522 g/mol. The number of benzene rings is 2. The van der Waals surface area contributed by atoms with E-state index >= 15 is 0 Å². The second-order valence-electron chi connectivity index (χ2n) is 11.7. The molecule has 5 atom stereocenters. The number of aryl methyl sites for hydroxylation is 1. The first-order valence-corrected chi connectivity index (χ1v) is 14.5. The number of amides is 1. The zero-order valence-electron chi connectivity index (χ0n) is 22.2. The summed E-state index contributed by atoms with van der Waals surface area (Å²) in [4.78, 5) is 25.5. The topological polar surface area (TPSA) is 55.4 Å². The smallest absolute Gasteiger partial charge is 0.220 e. The molecular formula is C32H40ClNO3. The number of methoxy groups -OCH3 is 1. The first-order chi connectivity index (χ1) is 17.9. The molecule has 2 saturated carbocycles. The summed E-state index contributed by atoms with van der Waals surface area (Å²) in [6.07, 6.45) is 9.88. The minimum atomic E-state index is -0.142. The minimum absolute atomic E-state index is 0.103. The standard InChI is InChI=1S/C32H40ClNO3/c1-32-17-16-27-26-15-13-25(37-2)18-22(26)10-14-28(27)31(32)23(19-29(32)35)6-4-3-5-7-30(36)34-20-21-8-11-24(33)12-9-21/h8-9,11-13,15,18,23,27-28,31H,3-7,10,14,16-17,19-20H2,1-2H3,(H,34,36)/t23-,27-,28-,31+,32-/m1/s1. The number of hydrogen-bond acceptors (Lipinski definition) is 3. The van der Waals surface area contributed by atoms with Gasteiger partial charge < -0.3 is 10.1 Å². The molecule has 0 heterocycles. The van der Waals surface area contributed by atoms with Crippen LogP contribution in [-0.4, -0.2) is 18.8 Å². The van der Waals surface area contributed by atoms with Crippen LogP contribution in [0.5, 0.6) is 5.75 Å².